The van der Waals surface area contributed by atoms with Crippen LogP contribution in [0.15, 0.2) is 231 Å². The molecule has 0 saturated heterocycles. The maximum Gasteiger partial charge on any atom is 0.0473 e. The van der Waals surface area contributed by atoms with Crippen LogP contribution in [0.5, 0.6) is 0 Å². The van der Waals surface area contributed by atoms with E-state index in [1.165, 1.54) is 61.2 Å². The SMILES string of the molecule is C1=CCC(c2cc(-c3ccccc3)cc(N(c3cc(-c4ccccc4)cc(-c4ccccc4)c3)c3cc(-c4ccccc4)cc(-c4ccccc4)c3)c2)C=C1. The van der Waals surface area contributed by atoms with Crippen molar-refractivity contribution in [1.82, 2.24) is 0 Å². The molecule has 0 saturated carbocycles. The lowest BCUT2D eigenvalue weighted by Crippen LogP contribution is -2.12. The molecule has 0 fully saturated rings. The van der Waals surface area contributed by atoms with Crippen molar-refractivity contribution in [2.45, 2.75) is 12.3 Å². The quantitative estimate of drug-likeness (QED) is 0.145. The second kappa shape index (κ2) is 15.6. The maximum absolute atomic E-state index is 2.48. The summed E-state index contributed by atoms with van der Waals surface area (Å²) in [4.78, 5) is 2.48. The summed E-state index contributed by atoms with van der Waals surface area (Å²) in [5.74, 6) is 0.278. The second-order valence-corrected chi connectivity index (χ2v) is 14.2. The fraction of sp³-hybridized carbons (Fsp3) is 0.0370. The maximum atomic E-state index is 2.48. The Balaban J connectivity index is 1.35. The van der Waals surface area contributed by atoms with Gasteiger partial charge in [0.2, 0.25) is 0 Å². The molecule has 1 atom stereocenters. The van der Waals surface area contributed by atoms with Crippen LogP contribution < -0.4 is 4.90 Å². The molecule has 1 nitrogen and oxygen atoms in total. The molecule has 0 spiro atoms. The van der Waals surface area contributed by atoms with Gasteiger partial charge in [-0.15, -0.1) is 0 Å². The van der Waals surface area contributed by atoms with Crippen LogP contribution in [0.2, 0.25) is 0 Å². The minimum absolute atomic E-state index is 0.278. The summed E-state index contributed by atoms with van der Waals surface area (Å²) in [7, 11) is 0. The van der Waals surface area contributed by atoms with Gasteiger partial charge in [0.15, 0.2) is 0 Å². The number of benzene rings is 8. The molecule has 9 rings (SSSR count). The molecule has 1 aliphatic rings. The molecule has 0 bridgehead atoms. The molecule has 0 amide bonds. The number of anilines is 3. The van der Waals surface area contributed by atoms with Crippen molar-refractivity contribution in [2.75, 3.05) is 4.90 Å². The van der Waals surface area contributed by atoms with Gasteiger partial charge >= 0.3 is 0 Å². The molecule has 262 valence electrons. The van der Waals surface area contributed by atoms with Gasteiger partial charge in [-0.05, 0) is 116 Å². The third-order valence-corrected chi connectivity index (χ3v) is 10.5. The van der Waals surface area contributed by atoms with Crippen molar-refractivity contribution in [3.63, 3.8) is 0 Å². The van der Waals surface area contributed by atoms with E-state index in [9.17, 15) is 0 Å². The van der Waals surface area contributed by atoms with E-state index < -0.39 is 0 Å². The fourth-order valence-corrected chi connectivity index (χ4v) is 7.72. The summed E-state index contributed by atoms with van der Waals surface area (Å²) >= 11 is 0. The summed E-state index contributed by atoms with van der Waals surface area (Å²) < 4.78 is 0. The summed E-state index contributed by atoms with van der Waals surface area (Å²) in [6.07, 6.45) is 9.93. The predicted molar refractivity (Wildman–Crippen MR) is 234 cm³/mol. The summed E-state index contributed by atoms with van der Waals surface area (Å²) in [5.41, 5.74) is 16.4. The first-order chi connectivity index (χ1) is 27.2. The number of hydrogen-bond acceptors (Lipinski definition) is 1. The van der Waals surface area contributed by atoms with Gasteiger partial charge in [-0.1, -0.05) is 182 Å². The number of allylic oxidation sites excluding steroid dienone is 4. The normalized spacial score (nSPS) is 13.4. The molecular formula is C54H41N. The van der Waals surface area contributed by atoms with Crippen molar-refractivity contribution in [2.24, 2.45) is 0 Å². The molecule has 55 heavy (non-hydrogen) atoms. The minimum atomic E-state index is 0.278. The standard InChI is InChI=1S/C54H41N/c1-7-19-40(20-8-1)46-31-47(41-21-9-2-10-22-41)35-52(34-46)55(53-36-48(42-23-11-3-12-24-42)32-49(37-53)43-25-13-4-14-26-43)54-38-50(44-27-15-5-16-28-44)33-51(39-54)45-29-17-6-18-30-45/h1-29,31-39,45H,30H2. The van der Waals surface area contributed by atoms with E-state index in [-0.39, 0.29) is 5.92 Å². The fourth-order valence-electron chi connectivity index (χ4n) is 7.72. The van der Waals surface area contributed by atoms with Crippen molar-refractivity contribution < 1.29 is 0 Å². The molecule has 1 unspecified atom stereocenters. The van der Waals surface area contributed by atoms with Crippen molar-refractivity contribution in [3.8, 4) is 55.6 Å². The number of rotatable bonds is 9. The van der Waals surface area contributed by atoms with Crippen LogP contribution in [0.4, 0.5) is 17.1 Å². The van der Waals surface area contributed by atoms with Crippen molar-refractivity contribution >= 4 is 17.1 Å². The molecule has 0 aromatic heterocycles. The lowest BCUT2D eigenvalue weighted by Gasteiger charge is -2.30. The number of hydrogen-bond donors (Lipinski definition) is 0. The minimum Gasteiger partial charge on any atom is -0.310 e. The van der Waals surface area contributed by atoms with Gasteiger partial charge in [0.25, 0.3) is 0 Å². The molecular weight excluding hydrogens is 663 g/mol. The van der Waals surface area contributed by atoms with Gasteiger partial charge in [0, 0.05) is 23.0 Å². The largest absolute Gasteiger partial charge is 0.310 e. The monoisotopic (exact) mass is 703 g/mol. The highest BCUT2D eigenvalue weighted by Gasteiger charge is 2.21. The van der Waals surface area contributed by atoms with Crippen molar-refractivity contribution in [3.05, 3.63) is 236 Å². The zero-order valence-electron chi connectivity index (χ0n) is 30.7. The van der Waals surface area contributed by atoms with Gasteiger partial charge in [-0.25, -0.2) is 0 Å². The van der Waals surface area contributed by atoms with Gasteiger partial charge in [0.05, 0.1) is 0 Å². The van der Waals surface area contributed by atoms with Gasteiger partial charge in [-0.2, -0.15) is 0 Å². The Kier molecular flexibility index (Phi) is 9.58. The summed E-state index contributed by atoms with van der Waals surface area (Å²) in [5, 5.41) is 0. The van der Waals surface area contributed by atoms with E-state index in [2.05, 4.69) is 235 Å². The first kappa shape index (κ1) is 33.8. The first-order valence-electron chi connectivity index (χ1n) is 19.1. The van der Waals surface area contributed by atoms with E-state index in [1.54, 1.807) is 0 Å². The molecule has 0 radical (unpaired) electrons. The highest BCUT2D eigenvalue weighted by Crippen LogP contribution is 2.45. The zero-order chi connectivity index (χ0) is 36.8. The summed E-state index contributed by atoms with van der Waals surface area (Å²) in [6.45, 7) is 0. The van der Waals surface area contributed by atoms with Crippen LogP contribution in [0.1, 0.15) is 17.9 Å². The molecule has 8 aromatic rings. The number of nitrogens with zero attached hydrogens (tertiary/aromatic N) is 1. The Morgan fingerprint density at radius 1 is 0.309 bits per heavy atom. The molecule has 1 heteroatoms. The van der Waals surface area contributed by atoms with Gasteiger partial charge < -0.3 is 4.90 Å². The topological polar surface area (TPSA) is 3.24 Å². The van der Waals surface area contributed by atoms with Crippen LogP contribution in [0, 0.1) is 0 Å². The third-order valence-electron chi connectivity index (χ3n) is 10.5. The Morgan fingerprint density at radius 3 is 0.964 bits per heavy atom. The van der Waals surface area contributed by atoms with Crippen LogP contribution >= 0.6 is 0 Å². The predicted octanol–water partition coefficient (Wildman–Crippen LogP) is 15.1. The van der Waals surface area contributed by atoms with Crippen LogP contribution in [-0.4, -0.2) is 0 Å². The Hall–Kier alpha value is -6.96. The lowest BCUT2D eigenvalue weighted by molar-refractivity contribution is 0.854. The van der Waals surface area contributed by atoms with Gasteiger partial charge in [0.1, 0.15) is 0 Å². The Morgan fingerprint density at radius 2 is 0.636 bits per heavy atom. The molecule has 0 aliphatic heterocycles. The average molecular weight is 704 g/mol. The zero-order valence-corrected chi connectivity index (χ0v) is 30.7. The van der Waals surface area contributed by atoms with E-state index >= 15 is 0 Å². The molecule has 8 aromatic carbocycles. The highest BCUT2D eigenvalue weighted by molar-refractivity contribution is 5.89. The average Bonchev–Trinajstić information content (AvgIpc) is 3.28. The van der Waals surface area contributed by atoms with E-state index in [4.69, 9.17) is 0 Å². The highest BCUT2D eigenvalue weighted by atomic mass is 15.1. The smallest absolute Gasteiger partial charge is 0.0473 e. The molecule has 0 heterocycles. The van der Waals surface area contributed by atoms with E-state index in [0.29, 0.717) is 0 Å². The molecule has 1 aliphatic carbocycles. The Labute approximate surface area is 324 Å². The van der Waals surface area contributed by atoms with Crippen molar-refractivity contribution in [1.29, 1.82) is 0 Å². The lowest BCUT2D eigenvalue weighted by atomic mass is 9.89. The van der Waals surface area contributed by atoms with Gasteiger partial charge in [-0.3, -0.25) is 0 Å². The van der Waals surface area contributed by atoms with E-state index in [0.717, 1.165) is 23.5 Å². The van der Waals surface area contributed by atoms with Crippen LogP contribution in [0.25, 0.3) is 55.6 Å². The third kappa shape index (κ3) is 7.47. The Bertz CT molecular complexity index is 2350. The van der Waals surface area contributed by atoms with Crippen LogP contribution in [-0.2, 0) is 0 Å². The first-order valence-corrected chi connectivity index (χ1v) is 19.1. The molecule has 0 N–H and O–H groups in total. The second-order valence-electron chi connectivity index (χ2n) is 14.2. The summed E-state index contributed by atoms with van der Waals surface area (Å²) in [6, 6.07) is 75.0. The van der Waals surface area contributed by atoms with E-state index in [1.807, 2.05) is 0 Å². The van der Waals surface area contributed by atoms with Crippen LogP contribution in [0.3, 0.4) is 0 Å².